The molecule has 0 aliphatic heterocycles. The molecular weight excluding hydrogens is 388 g/mol. The summed E-state index contributed by atoms with van der Waals surface area (Å²) in [5, 5.41) is 0. The van der Waals surface area contributed by atoms with Crippen molar-refractivity contribution in [3.8, 4) is 0 Å². The standard InChI is InChI=1S/C22H30N2O6/c1-6-28-12-9-11-24(21(26)17-10-8-13-30-17)16(5)20(25)18-14(3)19(23-15(18)4)22(27)29-7-2/h8,10,13,16,23H,6-7,9,11-12H2,1-5H3. The Morgan fingerprint density at radius 2 is 1.93 bits per heavy atom. The number of carbonyl (C=O) groups excluding carboxylic acids is 3. The molecule has 0 aliphatic carbocycles. The Labute approximate surface area is 176 Å². The van der Waals surface area contributed by atoms with Crippen molar-refractivity contribution in [1.82, 2.24) is 9.88 Å². The Bertz CT molecular complexity index is 869. The second-order valence-electron chi connectivity index (χ2n) is 6.91. The monoisotopic (exact) mass is 418 g/mol. The minimum atomic E-state index is -0.757. The fraction of sp³-hybridized carbons (Fsp3) is 0.500. The lowest BCUT2D eigenvalue weighted by Crippen LogP contribution is -2.44. The Kier molecular flexibility index (Phi) is 8.41. The van der Waals surface area contributed by atoms with Crippen molar-refractivity contribution in [2.75, 3.05) is 26.4 Å². The average Bonchev–Trinajstić information content (AvgIpc) is 3.35. The molecule has 0 radical (unpaired) electrons. The number of hydrogen-bond acceptors (Lipinski definition) is 6. The minimum Gasteiger partial charge on any atom is -0.461 e. The molecule has 1 N–H and O–H groups in total. The van der Waals surface area contributed by atoms with E-state index in [1.54, 1.807) is 39.8 Å². The lowest BCUT2D eigenvalue weighted by Gasteiger charge is -2.28. The van der Waals surface area contributed by atoms with Gasteiger partial charge in [-0.1, -0.05) is 0 Å². The van der Waals surface area contributed by atoms with Gasteiger partial charge in [0.05, 0.1) is 18.9 Å². The van der Waals surface area contributed by atoms with Crippen LogP contribution in [-0.4, -0.2) is 60.0 Å². The van der Waals surface area contributed by atoms with Gasteiger partial charge in [0.2, 0.25) is 0 Å². The summed E-state index contributed by atoms with van der Waals surface area (Å²) < 4.78 is 15.7. The van der Waals surface area contributed by atoms with Gasteiger partial charge in [0.25, 0.3) is 5.91 Å². The molecule has 0 aliphatic rings. The van der Waals surface area contributed by atoms with Crippen LogP contribution in [0.4, 0.5) is 0 Å². The van der Waals surface area contributed by atoms with Crippen LogP contribution in [0.1, 0.15) is 69.9 Å². The van der Waals surface area contributed by atoms with Crippen molar-refractivity contribution in [3.05, 3.63) is 46.7 Å². The zero-order valence-corrected chi connectivity index (χ0v) is 18.2. The highest BCUT2D eigenvalue weighted by Crippen LogP contribution is 2.23. The zero-order chi connectivity index (χ0) is 22.3. The zero-order valence-electron chi connectivity index (χ0n) is 18.2. The summed E-state index contributed by atoms with van der Waals surface area (Å²) in [6.45, 7) is 10.4. The molecule has 2 heterocycles. The molecule has 8 nitrogen and oxygen atoms in total. The number of nitrogens with one attached hydrogen (secondary N) is 1. The lowest BCUT2D eigenvalue weighted by atomic mass is 9.99. The van der Waals surface area contributed by atoms with Crippen LogP contribution in [0.3, 0.4) is 0 Å². The van der Waals surface area contributed by atoms with Gasteiger partial charge in [-0.2, -0.15) is 0 Å². The second kappa shape index (κ2) is 10.8. The predicted octanol–water partition coefficient (Wildman–Crippen LogP) is 3.54. The molecule has 2 aromatic heterocycles. The molecule has 1 atom stereocenters. The number of ether oxygens (including phenoxy) is 2. The van der Waals surface area contributed by atoms with Crippen molar-refractivity contribution in [1.29, 1.82) is 0 Å². The molecule has 1 unspecified atom stereocenters. The summed E-state index contributed by atoms with van der Waals surface area (Å²) in [6, 6.07) is 2.44. The smallest absolute Gasteiger partial charge is 0.355 e. The molecule has 2 aromatic rings. The average molecular weight is 418 g/mol. The molecule has 1 amide bonds. The number of Topliss-reactive ketones (excluding diaryl/α,β-unsaturated/α-hetero) is 1. The van der Waals surface area contributed by atoms with Crippen molar-refractivity contribution in [2.45, 2.75) is 47.1 Å². The van der Waals surface area contributed by atoms with Crippen LogP contribution in [-0.2, 0) is 9.47 Å². The van der Waals surface area contributed by atoms with Crippen LogP contribution < -0.4 is 0 Å². The van der Waals surface area contributed by atoms with Gasteiger partial charge in [0.15, 0.2) is 11.5 Å². The van der Waals surface area contributed by atoms with Gasteiger partial charge in [-0.05, 0) is 58.7 Å². The van der Waals surface area contributed by atoms with E-state index in [1.807, 2.05) is 6.92 Å². The molecule has 0 aromatic carbocycles. The van der Waals surface area contributed by atoms with E-state index in [4.69, 9.17) is 13.9 Å². The first-order valence-electron chi connectivity index (χ1n) is 10.2. The topological polar surface area (TPSA) is 102 Å². The number of aromatic nitrogens is 1. The first-order valence-corrected chi connectivity index (χ1v) is 10.2. The minimum absolute atomic E-state index is 0.167. The Balaban J connectivity index is 2.30. The highest BCUT2D eigenvalue weighted by Gasteiger charge is 2.32. The van der Waals surface area contributed by atoms with E-state index in [9.17, 15) is 14.4 Å². The van der Waals surface area contributed by atoms with E-state index < -0.39 is 12.0 Å². The Morgan fingerprint density at radius 1 is 1.20 bits per heavy atom. The lowest BCUT2D eigenvalue weighted by molar-refractivity contribution is 0.0518. The van der Waals surface area contributed by atoms with Crippen LogP contribution in [0.15, 0.2) is 22.8 Å². The summed E-state index contributed by atoms with van der Waals surface area (Å²) in [7, 11) is 0. The fourth-order valence-electron chi connectivity index (χ4n) is 3.37. The van der Waals surface area contributed by atoms with Crippen molar-refractivity contribution < 1.29 is 28.3 Å². The number of aromatic amines is 1. The maximum absolute atomic E-state index is 13.4. The maximum atomic E-state index is 13.4. The highest BCUT2D eigenvalue weighted by atomic mass is 16.5. The maximum Gasteiger partial charge on any atom is 0.355 e. The van der Waals surface area contributed by atoms with Gasteiger partial charge in [-0.15, -0.1) is 0 Å². The van der Waals surface area contributed by atoms with Crippen LogP contribution in [0.5, 0.6) is 0 Å². The molecule has 0 saturated heterocycles. The summed E-state index contributed by atoms with van der Waals surface area (Å²) in [6.07, 6.45) is 2.00. The van der Waals surface area contributed by atoms with E-state index >= 15 is 0 Å². The van der Waals surface area contributed by atoms with Crippen LogP contribution >= 0.6 is 0 Å². The Morgan fingerprint density at radius 3 is 2.53 bits per heavy atom. The molecule has 0 fully saturated rings. The number of H-pyrrole nitrogens is 1. The van der Waals surface area contributed by atoms with Gasteiger partial charge in [0.1, 0.15) is 5.69 Å². The number of aryl methyl sites for hydroxylation is 1. The molecule has 0 spiro atoms. The SMILES string of the molecule is CCOCCCN(C(=O)c1ccco1)C(C)C(=O)c1c(C)[nH]c(C(=O)OCC)c1C. The van der Waals surface area contributed by atoms with Gasteiger partial charge in [0, 0.05) is 31.0 Å². The van der Waals surface area contributed by atoms with Gasteiger partial charge >= 0.3 is 5.97 Å². The highest BCUT2D eigenvalue weighted by molar-refractivity contribution is 6.07. The predicted molar refractivity (Wildman–Crippen MR) is 111 cm³/mol. The summed E-state index contributed by atoms with van der Waals surface area (Å²) in [5.41, 5.74) is 1.73. The molecule has 2 rings (SSSR count). The number of hydrogen-bond donors (Lipinski definition) is 1. The first kappa shape index (κ1) is 23.4. The van der Waals surface area contributed by atoms with Gasteiger partial charge in [-0.25, -0.2) is 4.79 Å². The normalized spacial score (nSPS) is 11.9. The quantitative estimate of drug-likeness (QED) is 0.340. The molecule has 8 heteroatoms. The van der Waals surface area contributed by atoms with E-state index in [2.05, 4.69) is 4.98 Å². The first-order chi connectivity index (χ1) is 14.3. The van der Waals surface area contributed by atoms with Crippen LogP contribution in [0.25, 0.3) is 0 Å². The second-order valence-corrected chi connectivity index (χ2v) is 6.91. The number of nitrogens with zero attached hydrogens (tertiary/aromatic N) is 1. The fourth-order valence-corrected chi connectivity index (χ4v) is 3.37. The van der Waals surface area contributed by atoms with E-state index in [-0.39, 0.29) is 29.8 Å². The summed E-state index contributed by atoms with van der Waals surface area (Å²) in [5.74, 6) is -0.965. The van der Waals surface area contributed by atoms with Crippen molar-refractivity contribution >= 4 is 17.7 Å². The van der Waals surface area contributed by atoms with Gasteiger partial charge in [-0.3, -0.25) is 9.59 Å². The van der Waals surface area contributed by atoms with Crippen LogP contribution in [0, 0.1) is 13.8 Å². The number of ketones is 1. The molecule has 164 valence electrons. The third kappa shape index (κ3) is 5.18. The van der Waals surface area contributed by atoms with E-state index in [0.717, 1.165) is 0 Å². The number of rotatable bonds is 11. The van der Waals surface area contributed by atoms with E-state index in [1.165, 1.54) is 11.2 Å². The third-order valence-electron chi connectivity index (χ3n) is 4.90. The summed E-state index contributed by atoms with van der Waals surface area (Å²) >= 11 is 0. The van der Waals surface area contributed by atoms with E-state index in [0.29, 0.717) is 43.0 Å². The number of amides is 1. The Hall–Kier alpha value is -2.87. The largest absolute Gasteiger partial charge is 0.461 e. The van der Waals surface area contributed by atoms with Crippen molar-refractivity contribution in [3.63, 3.8) is 0 Å². The molecule has 30 heavy (non-hydrogen) atoms. The number of esters is 1. The van der Waals surface area contributed by atoms with Crippen molar-refractivity contribution in [2.24, 2.45) is 0 Å². The summed E-state index contributed by atoms with van der Waals surface area (Å²) in [4.78, 5) is 42.9. The third-order valence-corrected chi connectivity index (χ3v) is 4.90. The van der Waals surface area contributed by atoms with Crippen LogP contribution in [0.2, 0.25) is 0 Å². The molecule has 0 saturated carbocycles. The molecular formula is C22H30N2O6. The molecule has 0 bridgehead atoms. The van der Waals surface area contributed by atoms with Gasteiger partial charge < -0.3 is 23.8 Å². The number of furan rings is 1. The number of carbonyl (C=O) groups is 3.